The quantitative estimate of drug-likeness (QED) is 0.855. The Labute approximate surface area is 125 Å². The number of carbonyl (C=O) groups excluding carboxylic acids is 1. The van der Waals surface area contributed by atoms with Crippen LogP contribution in [0.15, 0.2) is 16.6 Å². The van der Waals surface area contributed by atoms with Crippen LogP contribution < -0.4 is 9.47 Å². The predicted molar refractivity (Wildman–Crippen MR) is 77.1 cm³/mol. The van der Waals surface area contributed by atoms with E-state index in [4.69, 9.17) is 19.3 Å². The zero-order valence-electron chi connectivity index (χ0n) is 11.4. The summed E-state index contributed by atoms with van der Waals surface area (Å²) in [6, 6.07) is 3.41. The molecule has 0 aromatic heterocycles. The Morgan fingerprint density at radius 3 is 2.75 bits per heavy atom. The molecule has 20 heavy (non-hydrogen) atoms. The van der Waals surface area contributed by atoms with E-state index in [1.807, 2.05) is 0 Å². The first-order chi connectivity index (χ1) is 9.38. The van der Waals surface area contributed by atoms with Crippen LogP contribution in [0.1, 0.15) is 29.8 Å². The molecule has 0 saturated heterocycles. The van der Waals surface area contributed by atoms with Crippen LogP contribution in [-0.2, 0) is 4.74 Å². The molecule has 1 aliphatic rings. The summed E-state index contributed by atoms with van der Waals surface area (Å²) >= 11 is 3.23. The smallest absolute Gasteiger partial charge is 0.349 e. The highest BCUT2D eigenvalue weighted by Gasteiger charge is 2.37. The summed E-state index contributed by atoms with van der Waals surface area (Å²) in [7, 11) is 1.47. The second-order valence-electron chi connectivity index (χ2n) is 4.70. The van der Waals surface area contributed by atoms with Gasteiger partial charge in [-0.25, -0.2) is 4.79 Å². The van der Waals surface area contributed by atoms with Crippen molar-refractivity contribution in [2.75, 3.05) is 13.7 Å². The molecule has 0 spiro atoms. The van der Waals surface area contributed by atoms with Gasteiger partial charge in [0.15, 0.2) is 0 Å². The lowest BCUT2D eigenvalue weighted by Gasteiger charge is -2.33. The number of halogens is 1. The van der Waals surface area contributed by atoms with E-state index < -0.39 is 11.8 Å². The number of aliphatic hydroxyl groups is 1. The van der Waals surface area contributed by atoms with E-state index in [1.165, 1.54) is 7.11 Å². The minimum Gasteiger partial charge on any atom is -0.496 e. The first kappa shape index (κ1) is 14.9. The molecule has 1 aromatic carbocycles. The summed E-state index contributed by atoms with van der Waals surface area (Å²) in [6.07, 6.45) is 1.69. The Bertz CT molecular complexity index is 577. The van der Waals surface area contributed by atoms with Gasteiger partial charge < -0.3 is 19.3 Å². The van der Waals surface area contributed by atoms with E-state index in [0.717, 1.165) is 0 Å². The first-order valence-electron chi connectivity index (χ1n) is 5.98. The summed E-state index contributed by atoms with van der Waals surface area (Å²) in [4.78, 5) is 12.1. The third-order valence-corrected chi connectivity index (χ3v) is 3.20. The third kappa shape index (κ3) is 2.81. The van der Waals surface area contributed by atoms with Crippen LogP contribution in [0.25, 0.3) is 6.08 Å². The molecular formula is C14H15BrO5. The molecule has 0 saturated carbocycles. The van der Waals surface area contributed by atoms with Crippen molar-refractivity contribution in [1.82, 2.24) is 0 Å². The maximum Gasteiger partial charge on any atom is 0.349 e. The second-order valence-corrected chi connectivity index (χ2v) is 5.72. The van der Waals surface area contributed by atoms with Crippen LogP contribution in [-0.4, -0.2) is 30.6 Å². The molecule has 1 N–H and O–H groups in total. The fourth-order valence-electron chi connectivity index (χ4n) is 1.92. The highest BCUT2D eigenvalue weighted by atomic mass is 79.9. The van der Waals surface area contributed by atoms with Crippen molar-refractivity contribution in [1.29, 1.82) is 0 Å². The molecule has 0 bridgehead atoms. The number of esters is 1. The number of benzene rings is 1. The molecule has 0 atom stereocenters. The van der Waals surface area contributed by atoms with Gasteiger partial charge in [-0.1, -0.05) is 15.9 Å². The van der Waals surface area contributed by atoms with Gasteiger partial charge in [0.05, 0.1) is 13.7 Å². The molecule has 0 amide bonds. The van der Waals surface area contributed by atoms with Gasteiger partial charge in [0, 0.05) is 23.9 Å². The van der Waals surface area contributed by atoms with Gasteiger partial charge in [0.1, 0.15) is 17.1 Å². The maximum atomic E-state index is 12.1. The van der Waals surface area contributed by atoms with Gasteiger partial charge in [-0.2, -0.15) is 0 Å². The van der Waals surface area contributed by atoms with E-state index in [-0.39, 0.29) is 12.2 Å². The van der Waals surface area contributed by atoms with Crippen LogP contribution in [0.4, 0.5) is 0 Å². The highest BCUT2D eigenvalue weighted by molar-refractivity contribution is 9.11. The number of aliphatic hydroxyl groups excluding tert-OH is 1. The standard InChI is InChI=1S/C14H15BrO5/c1-14(2)19-12-8(6-9(15)7-16)4-5-10(18-3)11(12)13(17)20-14/h4-6,16H,7H2,1-3H3/b9-6-. The molecule has 0 fully saturated rings. The zero-order valence-corrected chi connectivity index (χ0v) is 13.0. The predicted octanol–water partition coefficient (Wildman–Crippen LogP) is 2.71. The van der Waals surface area contributed by atoms with Crippen molar-refractivity contribution < 1.29 is 24.1 Å². The van der Waals surface area contributed by atoms with Crippen molar-refractivity contribution in [3.63, 3.8) is 0 Å². The minimum atomic E-state index is -1.05. The largest absolute Gasteiger partial charge is 0.496 e. The van der Waals surface area contributed by atoms with Crippen LogP contribution in [0.5, 0.6) is 11.5 Å². The fourth-order valence-corrected chi connectivity index (χ4v) is 2.17. The lowest BCUT2D eigenvalue weighted by molar-refractivity contribution is -0.127. The summed E-state index contributed by atoms with van der Waals surface area (Å²) in [5, 5.41) is 9.08. The van der Waals surface area contributed by atoms with Crippen molar-refractivity contribution in [3.05, 3.63) is 27.7 Å². The van der Waals surface area contributed by atoms with Crippen LogP contribution in [0.3, 0.4) is 0 Å². The number of hydrogen-bond acceptors (Lipinski definition) is 5. The molecule has 0 unspecified atom stereocenters. The van der Waals surface area contributed by atoms with Crippen LogP contribution >= 0.6 is 15.9 Å². The van der Waals surface area contributed by atoms with Gasteiger partial charge >= 0.3 is 5.97 Å². The molecular weight excluding hydrogens is 328 g/mol. The van der Waals surface area contributed by atoms with E-state index in [2.05, 4.69) is 15.9 Å². The summed E-state index contributed by atoms with van der Waals surface area (Å²) in [5.41, 5.74) is 0.908. The fraction of sp³-hybridized carbons (Fsp3) is 0.357. The number of fused-ring (bicyclic) bond motifs is 1. The Kier molecular flexibility index (Phi) is 4.06. The SMILES string of the molecule is COc1ccc(/C=C(\Br)CO)c2c1C(=O)OC(C)(C)O2. The molecule has 0 radical (unpaired) electrons. The Morgan fingerprint density at radius 2 is 2.15 bits per heavy atom. The summed E-state index contributed by atoms with van der Waals surface area (Å²) in [5.74, 6) is -0.776. The van der Waals surface area contributed by atoms with Crippen LogP contribution in [0, 0.1) is 0 Å². The third-order valence-electron chi connectivity index (χ3n) is 2.72. The van der Waals surface area contributed by atoms with Gasteiger partial charge in [-0.3, -0.25) is 0 Å². The van der Waals surface area contributed by atoms with Crippen molar-refractivity contribution >= 4 is 28.0 Å². The van der Waals surface area contributed by atoms with Gasteiger partial charge in [0.2, 0.25) is 5.79 Å². The number of hydrogen-bond donors (Lipinski definition) is 1. The van der Waals surface area contributed by atoms with Gasteiger partial charge in [-0.15, -0.1) is 0 Å². The summed E-state index contributed by atoms with van der Waals surface area (Å²) in [6.45, 7) is 3.17. The van der Waals surface area contributed by atoms with Gasteiger partial charge in [-0.05, 0) is 18.2 Å². The maximum absolute atomic E-state index is 12.1. The number of methoxy groups -OCH3 is 1. The number of ether oxygens (including phenoxy) is 3. The van der Waals surface area contributed by atoms with E-state index in [1.54, 1.807) is 32.1 Å². The van der Waals surface area contributed by atoms with Crippen molar-refractivity contribution in [2.45, 2.75) is 19.6 Å². The van der Waals surface area contributed by atoms with E-state index in [9.17, 15) is 4.79 Å². The molecule has 0 aliphatic carbocycles. The number of rotatable bonds is 3. The molecule has 6 heteroatoms. The minimum absolute atomic E-state index is 0.144. The Morgan fingerprint density at radius 1 is 1.45 bits per heavy atom. The second kappa shape index (κ2) is 5.46. The van der Waals surface area contributed by atoms with E-state index >= 15 is 0 Å². The molecule has 5 nitrogen and oxygen atoms in total. The van der Waals surface area contributed by atoms with E-state index in [0.29, 0.717) is 21.5 Å². The topological polar surface area (TPSA) is 65.0 Å². The lowest BCUT2D eigenvalue weighted by atomic mass is 10.0. The molecule has 1 aliphatic heterocycles. The van der Waals surface area contributed by atoms with Gasteiger partial charge in [0.25, 0.3) is 0 Å². The lowest BCUT2D eigenvalue weighted by Crippen LogP contribution is -2.39. The molecule has 108 valence electrons. The average Bonchev–Trinajstić information content (AvgIpc) is 2.38. The van der Waals surface area contributed by atoms with Crippen molar-refractivity contribution in [2.24, 2.45) is 0 Å². The molecule has 1 aromatic rings. The normalized spacial score (nSPS) is 17.1. The van der Waals surface area contributed by atoms with Crippen LogP contribution in [0.2, 0.25) is 0 Å². The van der Waals surface area contributed by atoms with Crippen molar-refractivity contribution in [3.8, 4) is 11.5 Å². The molecule has 2 rings (SSSR count). The summed E-state index contributed by atoms with van der Waals surface area (Å²) < 4.78 is 16.7. The zero-order chi connectivity index (χ0) is 14.9. The first-order valence-corrected chi connectivity index (χ1v) is 6.77. The highest BCUT2D eigenvalue weighted by Crippen LogP contribution is 2.40. The molecule has 1 heterocycles. The number of carbonyl (C=O) groups is 1. The Balaban J connectivity index is 2.64. The number of cyclic esters (lactones) is 1. The average molecular weight is 343 g/mol. The monoisotopic (exact) mass is 342 g/mol. The Hall–Kier alpha value is -1.53.